The molecule has 2 aromatic heterocycles. The van der Waals surface area contributed by atoms with Crippen molar-refractivity contribution >= 4 is 41.0 Å². The van der Waals surface area contributed by atoms with Gasteiger partial charge < -0.3 is 15.2 Å². The number of amides is 4. The van der Waals surface area contributed by atoms with Crippen molar-refractivity contribution in [3.05, 3.63) is 47.8 Å². The molecule has 0 bridgehead atoms. The van der Waals surface area contributed by atoms with Gasteiger partial charge in [0.2, 0.25) is 5.95 Å². The Kier molecular flexibility index (Phi) is 6.05. The summed E-state index contributed by atoms with van der Waals surface area (Å²) in [6, 6.07) is 1.73. The Morgan fingerprint density at radius 1 is 1.17 bits per heavy atom. The van der Waals surface area contributed by atoms with Gasteiger partial charge in [0.15, 0.2) is 5.82 Å². The van der Waals surface area contributed by atoms with Crippen molar-refractivity contribution in [3.8, 4) is 0 Å². The molecule has 3 aromatic rings. The third-order valence-corrected chi connectivity index (χ3v) is 5.65. The number of nitrogens with one attached hydrogen (secondary N) is 3. The lowest BCUT2D eigenvalue weighted by Gasteiger charge is -2.35. The summed E-state index contributed by atoms with van der Waals surface area (Å²) in [6.45, 7) is 7.91. The number of aryl methyl sites for hydroxylation is 1. The van der Waals surface area contributed by atoms with Gasteiger partial charge in [0.25, 0.3) is 0 Å². The van der Waals surface area contributed by atoms with Crippen molar-refractivity contribution in [2.75, 3.05) is 39.8 Å². The van der Waals surface area contributed by atoms with Crippen LogP contribution in [-0.4, -0.2) is 45.7 Å². The second-order valence-electron chi connectivity index (χ2n) is 9.25. The van der Waals surface area contributed by atoms with Crippen molar-refractivity contribution in [1.29, 1.82) is 0 Å². The molecule has 0 unspecified atom stereocenters. The molecule has 0 spiro atoms. The van der Waals surface area contributed by atoms with E-state index in [9.17, 15) is 14.0 Å². The van der Waals surface area contributed by atoms with Gasteiger partial charge in [-0.05, 0) is 45.4 Å². The molecule has 0 fully saturated rings. The van der Waals surface area contributed by atoms with Crippen LogP contribution in [0, 0.1) is 12.7 Å². The van der Waals surface area contributed by atoms with E-state index in [1.807, 2.05) is 25.3 Å². The summed E-state index contributed by atoms with van der Waals surface area (Å²) < 4.78 is 16.6. The number of hydrogen-bond acceptors (Lipinski definition) is 6. The minimum atomic E-state index is -0.654. The van der Waals surface area contributed by atoms with Crippen LogP contribution in [0.25, 0.3) is 0 Å². The molecule has 184 valence electrons. The van der Waals surface area contributed by atoms with Crippen LogP contribution >= 0.6 is 0 Å². The molecule has 0 saturated carbocycles. The molecule has 0 aliphatic carbocycles. The average Bonchev–Trinajstić information content (AvgIpc) is 3.27. The first-order valence-electron chi connectivity index (χ1n) is 11.0. The molecule has 0 atom stereocenters. The highest BCUT2D eigenvalue weighted by Gasteiger charge is 2.32. The van der Waals surface area contributed by atoms with Crippen LogP contribution in [0.1, 0.15) is 31.9 Å². The van der Waals surface area contributed by atoms with Gasteiger partial charge in [0, 0.05) is 37.6 Å². The second kappa shape index (κ2) is 8.85. The summed E-state index contributed by atoms with van der Waals surface area (Å²) >= 11 is 0. The van der Waals surface area contributed by atoms with Crippen LogP contribution in [0.2, 0.25) is 0 Å². The highest BCUT2D eigenvalue weighted by Crippen LogP contribution is 2.34. The Hall–Kier alpha value is -4.22. The largest absolute Gasteiger partial charge is 0.357 e. The van der Waals surface area contributed by atoms with Gasteiger partial charge in [0.05, 0.1) is 24.2 Å². The van der Waals surface area contributed by atoms with Gasteiger partial charge in [-0.3, -0.25) is 15.1 Å². The predicted octanol–water partition coefficient (Wildman–Crippen LogP) is 4.14. The maximum atomic E-state index is 14.8. The second-order valence-corrected chi connectivity index (χ2v) is 9.25. The lowest BCUT2D eigenvalue weighted by atomic mass is 10.1. The van der Waals surface area contributed by atoms with Crippen LogP contribution in [0.5, 0.6) is 0 Å². The number of halogens is 1. The maximum Gasteiger partial charge on any atom is 0.330 e. The summed E-state index contributed by atoms with van der Waals surface area (Å²) in [5.41, 5.74) is 1.46. The zero-order chi connectivity index (χ0) is 25.5. The standard InChI is InChI=1S/C23H28FN9O2/c1-13-7-15(24)16(28-21(34)29-18-11-32(12-27-18)23(2,3)4)8-17(13)33-10-14-9-26-20(25-5)30-19(14)31(6)22(33)35/h7-9,11-12H,10H2,1-6H3,(H,25,26,30)(H2,28,29,34). The van der Waals surface area contributed by atoms with E-state index in [0.29, 0.717) is 28.8 Å². The number of aromatic nitrogens is 4. The average molecular weight is 482 g/mol. The van der Waals surface area contributed by atoms with Crippen molar-refractivity contribution < 1.29 is 14.0 Å². The number of carbonyl (C=O) groups excluding carboxylic acids is 2. The van der Waals surface area contributed by atoms with E-state index >= 15 is 0 Å². The molecule has 0 saturated heterocycles. The molecule has 35 heavy (non-hydrogen) atoms. The maximum absolute atomic E-state index is 14.8. The fourth-order valence-corrected chi connectivity index (χ4v) is 3.69. The Labute approximate surface area is 202 Å². The number of hydrogen-bond donors (Lipinski definition) is 3. The molecule has 4 amide bonds. The molecule has 1 aliphatic rings. The summed E-state index contributed by atoms with van der Waals surface area (Å²) in [5.74, 6) is 0.606. The fourth-order valence-electron chi connectivity index (χ4n) is 3.69. The smallest absolute Gasteiger partial charge is 0.330 e. The molecule has 12 heteroatoms. The molecule has 4 rings (SSSR count). The van der Waals surface area contributed by atoms with Crippen LogP contribution < -0.4 is 25.8 Å². The van der Waals surface area contributed by atoms with Gasteiger partial charge in [-0.25, -0.2) is 23.9 Å². The first kappa shape index (κ1) is 23.9. The highest BCUT2D eigenvalue weighted by molar-refractivity contribution is 6.06. The topological polar surface area (TPSA) is 120 Å². The summed E-state index contributed by atoms with van der Waals surface area (Å²) in [7, 11) is 3.31. The van der Waals surface area contributed by atoms with Crippen LogP contribution in [0.3, 0.4) is 0 Å². The summed E-state index contributed by atoms with van der Waals surface area (Å²) in [5, 5.41) is 7.97. The van der Waals surface area contributed by atoms with E-state index in [-0.39, 0.29) is 23.8 Å². The Morgan fingerprint density at radius 2 is 1.91 bits per heavy atom. The summed E-state index contributed by atoms with van der Waals surface area (Å²) in [6.07, 6.45) is 4.95. The molecule has 1 aromatic carbocycles. The van der Waals surface area contributed by atoms with E-state index in [4.69, 9.17) is 0 Å². The quantitative estimate of drug-likeness (QED) is 0.515. The van der Waals surface area contributed by atoms with E-state index in [2.05, 4.69) is 30.9 Å². The molecule has 0 radical (unpaired) electrons. The highest BCUT2D eigenvalue weighted by atomic mass is 19.1. The number of rotatable bonds is 4. The number of fused-ring (bicyclic) bond motifs is 1. The zero-order valence-electron chi connectivity index (χ0n) is 20.5. The van der Waals surface area contributed by atoms with Crippen molar-refractivity contribution in [2.45, 2.75) is 39.8 Å². The van der Waals surface area contributed by atoms with Gasteiger partial charge in [-0.15, -0.1) is 0 Å². The Bertz CT molecular complexity index is 1300. The van der Waals surface area contributed by atoms with Crippen molar-refractivity contribution in [1.82, 2.24) is 19.5 Å². The number of carbonyl (C=O) groups is 2. The third-order valence-electron chi connectivity index (χ3n) is 5.65. The predicted molar refractivity (Wildman–Crippen MR) is 133 cm³/mol. The molecule has 11 nitrogen and oxygen atoms in total. The van der Waals surface area contributed by atoms with Gasteiger partial charge in [-0.1, -0.05) is 0 Å². The minimum Gasteiger partial charge on any atom is -0.357 e. The Morgan fingerprint density at radius 3 is 2.57 bits per heavy atom. The third kappa shape index (κ3) is 4.72. The number of anilines is 5. The summed E-state index contributed by atoms with van der Waals surface area (Å²) in [4.78, 5) is 41.4. The normalized spacial score (nSPS) is 13.5. The Balaban J connectivity index is 1.57. The lowest BCUT2D eigenvalue weighted by molar-refractivity contribution is 0.251. The molecule has 3 N–H and O–H groups in total. The van der Waals surface area contributed by atoms with Crippen molar-refractivity contribution in [3.63, 3.8) is 0 Å². The minimum absolute atomic E-state index is 0.0682. The van der Waals surface area contributed by atoms with E-state index in [1.165, 1.54) is 21.9 Å². The van der Waals surface area contributed by atoms with E-state index in [1.54, 1.807) is 39.7 Å². The lowest BCUT2D eigenvalue weighted by Crippen LogP contribution is -2.46. The van der Waals surface area contributed by atoms with Gasteiger partial charge >= 0.3 is 12.1 Å². The number of benzene rings is 1. The van der Waals surface area contributed by atoms with Crippen LogP contribution in [-0.2, 0) is 12.1 Å². The fraction of sp³-hybridized carbons (Fsp3) is 0.348. The molecule has 3 heterocycles. The van der Waals surface area contributed by atoms with Crippen LogP contribution in [0.4, 0.5) is 42.9 Å². The number of urea groups is 2. The molecular formula is C23H28FN9O2. The monoisotopic (exact) mass is 481 g/mol. The van der Waals surface area contributed by atoms with Gasteiger partial charge in [-0.2, -0.15) is 4.98 Å². The van der Waals surface area contributed by atoms with Crippen molar-refractivity contribution in [2.24, 2.45) is 0 Å². The van der Waals surface area contributed by atoms with Gasteiger partial charge in [0.1, 0.15) is 11.6 Å². The zero-order valence-corrected chi connectivity index (χ0v) is 20.5. The number of nitrogens with zero attached hydrogens (tertiary/aromatic N) is 6. The molecular weight excluding hydrogens is 453 g/mol. The SMILES string of the molecule is CNc1ncc2c(n1)N(C)C(=O)N(c1cc(NC(=O)Nc3cn(C(C)(C)C)cn3)c(F)cc1C)C2. The first-order chi connectivity index (χ1) is 16.5. The molecule has 1 aliphatic heterocycles. The number of imidazole rings is 1. The van der Waals surface area contributed by atoms with E-state index < -0.39 is 11.8 Å². The van der Waals surface area contributed by atoms with Crippen LogP contribution in [0.15, 0.2) is 30.9 Å². The van der Waals surface area contributed by atoms with E-state index in [0.717, 1.165) is 5.56 Å². The first-order valence-corrected chi connectivity index (χ1v) is 11.0.